The first-order valence-electron chi connectivity index (χ1n) is 4.47. The van der Waals surface area contributed by atoms with Crippen molar-refractivity contribution < 1.29 is 14.6 Å². The van der Waals surface area contributed by atoms with Gasteiger partial charge in [-0.3, -0.25) is 0 Å². The molecule has 0 aliphatic carbocycles. The fourth-order valence-electron chi connectivity index (χ4n) is 1.12. The summed E-state index contributed by atoms with van der Waals surface area (Å²) >= 11 is 5.88. The van der Waals surface area contributed by atoms with Gasteiger partial charge >= 0.3 is 5.97 Å². The van der Waals surface area contributed by atoms with Gasteiger partial charge in [-0.1, -0.05) is 29.8 Å². The summed E-state index contributed by atoms with van der Waals surface area (Å²) in [4.78, 5) is 11.4. The second-order valence-electron chi connectivity index (χ2n) is 2.74. The third kappa shape index (κ3) is 2.73. The number of benzene rings is 1. The number of aliphatic hydroxyl groups is 1. The summed E-state index contributed by atoms with van der Waals surface area (Å²) in [5, 5.41) is 9.37. The van der Waals surface area contributed by atoms with E-state index in [1.54, 1.807) is 31.2 Å². The number of aliphatic hydroxyl groups excluding tert-OH is 1. The molecule has 0 saturated carbocycles. The van der Waals surface area contributed by atoms with Gasteiger partial charge in [-0.15, -0.1) is 0 Å². The van der Waals surface area contributed by atoms with E-state index in [0.29, 0.717) is 16.8 Å². The van der Waals surface area contributed by atoms with Crippen molar-refractivity contribution in [2.24, 2.45) is 0 Å². The van der Waals surface area contributed by atoms with Crippen molar-refractivity contribution in [1.82, 2.24) is 0 Å². The molecule has 0 aliphatic heterocycles. The minimum absolute atomic E-state index is 0.0578. The lowest BCUT2D eigenvalue weighted by molar-refractivity contribution is -0.136. The summed E-state index contributed by atoms with van der Waals surface area (Å²) in [6.45, 7) is 1.94. The molecular weight excluding hydrogens is 216 g/mol. The molecule has 0 spiro atoms. The highest BCUT2D eigenvalue weighted by atomic mass is 35.5. The second-order valence-corrected chi connectivity index (χ2v) is 3.15. The van der Waals surface area contributed by atoms with Crippen molar-refractivity contribution in [2.45, 2.75) is 6.92 Å². The van der Waals surface area contributed by atoms with Gasteiger partial charge in [0.25, 0.3) is 0 Å². The topological polar surface area (TPSA) is 46.5 Å². The fourth-order valence-corrected chi connectivity index (χ4v) is 1.36. The first-order chi connectivity index (χ1) is 7.20. The third-order valence-corrected chi connectivity index (χ3v) is 2.12. The largest absolute Gasteiger partial charge is 0.515 e. The van der Waals surface area contributed by atoms with Crippen LogP contribution >= 0.6 is 11.6 Å². The fraction of sp³-hybridized carbons (Fsp3) is 0.182. The maximum absolute atomic E-state index is 11.4. The van der Waals surface area contributed by atoms with Gasteiger partial charge in [-0.2, -0.15) is 0 Å². The molecule has 1 rings (SSSR count). The van der Waals surface area contributed by atoms with E-state index >= 15 is 0 Å². The normalized spacial score (nSPS) is 11.2. The molecule has 0 bridgehead atoms. The van der Waals surface area contributed by atoms with Crippen LogP contribution in [-0.4, -0.2) is 17.7 Å². The zero-order valence-electron chi connectivity index (χ0n) is 8.24. The molecule has 0 unspecified atom stereocenters. The predicted molar refractivity (Wildman–Crippen MR) is 58.7 cm³/mol. The highest BCUT2D eigenvalue weighted by molar-refractivity contribution is 6.34. The minimum atomic E-state index is -0.590. The summed E-state index contributed by atoms with van der Waals surface area (Å²) in [7, 11) is 0. The summed E-state index contributed by atoms with van der Waals surface area (Å²) < 4.78 is 4.78. The van der Waals surface area contributed by atoms with E-state index in [1.165, 1.54) is 0 Å². The number of rotatable bonds is 3. The van der Waals surface area contributed by atoms with Crippen LogP contribution in [0.15, 0.2) is 30.5 Å². The van der Waals surface area contributed by atoms with Crippen LogP contribution in [-0.2, 0) is 9.53 Å². The quantitative estimate of drug-likeness (QED) is 0.490. The van der Waals surface area contributed by atoms with E-state index in [9.17, 15) is 4.79 Å². The Hall–Kier alpha value is -1.48. The van der Waals surface area contributed by atoms with Crippen LogP contribution in [0.4, 0.5) is 0 Å². The Morgan fingerprint density at radius 2 is 2.20 bits per heavy atom. The number of halogens is 1. The average molecular weight is 227 g/mol. The van der Waals surface area contributed by atoms with Crippen LogP contribution in [0.2, 0.25) is 5.02 Å². The predicted octanol–water partition coefficient (Wildman–Crippen LogP) is 2.80. The minimum Gasteiger partial charge on any atom is -0.515 e. The van der Waals surface area contributed by atoms with E-state index < -0.39 is 5.97 Å². The highest BCUT2D eigenvalue weighted by Gasteiger charge is 2.15. The molecule has 0 saturated heterocycles. The lowest BCUT2D eigenvalue weighted by atomic mass is 10.1. The van der Waals surface area contributed by atoms with Crippen LogP contribution in [0.1, 0.15) is 12.5 Å². The lowest BCUT2D eigenvalue weighted by Gasteiger charge is -2.06. The molecule has 4 heteroatoms. The third-order valence-electron chi connectivity index (χ3n) is 1.79. The van der Waals surface area contributed by atoms with Crippen LogP contribution in [0.3, 0.4) is 0 Å². The molecule has 1 aromatic rings. The number of esters is 1. The Morgan fingerprint density at radius 3 is 2.73 bits per heavy atom. The van der Waals surface area contributed by atoms with E-state index in [4.69, 9.17) is 21.4 Å². The van der Waals surface area contributed by atoms with Gasteiger partial charge < -0.3 is 9.84 Å². The van der Waals surface area contributed by atoms with Gasteiger partial charge in [-0.25, -0.2) is 4.79 Å². The van der Waals surface area contributed by atoms with Crippen molar-refractivity contribution in [1.29, 1.82) is 0 Å². The summed E-state index contributed by atoms with van der Waals surface area (Å²) in [6, 6.07) is 6.75. The van der Waals surface area contributed by atoms with Crippen molar-refractivity contribution in [2.75, 3.05) is 6.61 Å². The lowest BCUT2D eigenvalue weighted by Crippen LogP contribution is -2.07. The first-order valence-corrected chi connectivity index (χ1v) is 4.85. The van der Waals surface area contributed by atoms with E-state index in [2.05, 4.69) is 0 Å². The molecule has 1 aromatic carbocycles. The second kappa shape index (κ2) is 5.41. The van der Waals surface area contributed by atoms with Crippen molar-refractivity contribution in [3.8, 4) is 0 Å². The summed E-state index contributed by atoms with van der Waals surface area (Å²) in [6.07, 6.45) is 0.708. The van der Waals surface area contributed by atoms with Crippen LogP contribution in [0, 0.1) is 0 Å². The SMILES string of the molecule is CCOC(=O)/C(=C/O)c1ccccc1Cl. The first kappa shape index (κ1) is 11.6. The van der Waals surface area contributed by atoms with Gasteiger partial charge in [-0.05, 0) is 13.0 Å². The maximum Gasteiger partial charge on any atom is 0.341 e. The molecule has 3 nitrogen and oxygen atoms in total. The van der Waals surface area contributed by atoms with E-state index in [-0.39, 0.29) is 12.2 Å². The number of carbonyl (C=O) groups excluding carboxylic acids is 1. The van der Waals surface area contributed by atoms with Gasteiger partial charge in [0, 0.05) is 10.6 Å². The highest BCUT2D eigenvalue weighted by Crippen LogP contribution is 2.24. The number of hydrogen-bond donors (Lipinski definition) is 1. The molecule has 0 aromatic heterocycles. The zero-order chi connectivity index (χ0) is 11.3. The smallest absolute Gasteiger partial charge is 0.341 e. The van der Waals surface area contributed by atoms with E-state index in [0.717, 1.165) is 0 Å². The molecule has 1 N–H and O–H groups in total. The molecule has 15 heavy (non-hydrogen) atoms. The van der Waals surface area contributed by atoms with Crippen molar-refractivity contribution in [3.05, 3.63) is 41.1 Å². The van der Waals surface area contributed by atoms with Gasteiger partial charge in [0.2, 0.25) is 0 Å². The molecule has 80 valence electrons. The monoisotopic (exact) mass is 226 g/mol. The summed E-state index contributed by atoms with van der Waals surface area (Å²) in [5.41, 5.74) is 0.516. The molecule has 0 heterocycles. The van der Waals surface area contributed by atoms with Crippen molar-refractivity contribution >= 4 is 23.1 Å². The van der Waals surface area contributed by atoms with Crippen LogP contribution in [0.5, 0.6) is 0 Å². The van der Waals surface area contributed by atoms with Gasteiger partial charge in [0.1, 0.15) is 5.57 Å². The molecular formula is C11H11ClO3. The van der Waals surface area contributed by atoms with Crippen LogP contribution in [0.25, 0.3) is 5.57 Å². The molecule has 0 fully saturated rings. The Kier molecular flexibility index (Phi) is 4.18. The van der Waals surface area contributed by atoms with Gasteiger partial charge in [0.15, 0.2) is 0 Å². The standard InChI is InChI=1S/C11H11ClO3/c1-2-15-11(14)9(7-13)8-5-3-4-6-10(8)12/h3-7,13H,2H2,1H3/b9-7+. The molecule has 0 amide bonds. The number of hydrogen-bond acceptors (Lipinski definition) is 3. The zero-order valence-corrected chi connectivity index (χ0v) is 8.99. The Balaban J connectivity index is 3.04. The Morgan fingerprint density at radius 1 is 1.53 bits per heavy atom. The van der Waals surface area contributed by atoms with E-state index in [1.807, 2.05) is 0 Å². The van der Waals surface area contributed by atoms with Crippen LogP contribution < -0.4 is 0 Å². The number of carbonyl (C=O) groups is 1. The Bertz CT molecular complexity index is 385. The number of ether oxygens (including phenoxy) is 1. The molecule has 0 atom stereocenters. The Labute approximate surface area is 92.9 Å². The van der Waals surface area contributed by atoms with Crippen molar-refractivity contribution in [3.63, 3.8) is 0 Å². The maximum atomic E-state index is 11.4. The molecule has 0 aliphatic rings. The molecule has 0 radical (unpaired) electrons. The van der Waals surface area contributed by atoms with Gasteiger partial charge in [0.05, 0.1) is 12.9 Å². The summed E-state index contributed by atoms with van der Waals surface area (Å²) in [5.74, 6) is -0.590. The average Bonchev–Trinajstić information content (AvgIpc) is 2.22.